The van der Waals surface area contributed by atoms with E-state index >= 15 is 0 Å². The topological polar surface area (TPSA) is 51.2 Å². The van der Waals surface area contributed by atoms with Crippen LogP contribution in [0.25, 0.3) is 0 Å². The Morgan fingerprint density at radius 2 is 1.89 bits per heavy atom. The molecule has 19 heavy (non-hydrogen) atoms. The van der Waals surface area contributed by atoms with Gasteiger partial charge >= 0.3 is 0 Å². The molecule has 0 fully saturated rings. The maximum Gasteiger partial charge on any atom is 0.175 e. The van der Waals surface area contributed by atoms with E-state index in [1.54, 1.807) is 0 Å². The number of sulfone groups is 1. The van der Waals surface area contributed by atoms with Crippen LogP contribution >= 0.6 is 11.8 Å². The minimum absolute atomic E-state index is 0.0570. The van der Waals surface area contributed by atoms with Gasteiger partial charge in [0, 0.05) is 17.6 Å². The molecular weight excluding hydrogens is 280 g/mol. The van der Waals surface area contributed by atoms with Crippen LogP contribution < -0.4 is 0 Å². The fourth-order valence-electron chi connectivity index (χ4n) is 1.58. The molecule has 0 saturated carbocycles. The van der Waals surface area contributed by atoms with Crippen molar-refractivity contribution in [2.75, 3.05) is 17.8 Å². The normalized spacial score (nSPS) is 13.3. The molecule has 0 aromatic heterocycles. The highest BCUT2D eigenvalue weighted by Crippen LogP contribution is 2.18. The maximum absolute atomic E-state index is 12.2. The van der Waals surface area contributed by atoms with Crippen molar-refractivity contribution in [1.82, 2.24) is 0 Å². The van der Waals surface area contributed by atoms with Gasteiger partial charge in [-0.1, -0.05) is 12.1 Å². The molecule has 0 bridgehead atoms. The van der Waals surface area contributed by atoms with Crippen LogP contribution in [0.2, 0.25) is 0 Å². The molecule has 0 aliphatic carbocycles. The molecule has 0 saturated heterocycles. The Balaban J connectivity index is 2.64. The molecule has 1 aromatic rings. The summed E-state index contributed by atoms with van der Waals surface area (Å²) in [6.45, 7) is 5.81. The third-order valence-corrected chi connectivity index (χ3v) is 5.34. The highest BCUT2D eigenvalue weighted by Gasteiger charge is 2.16. The molecule has 5 heteroatoms. The largest absolute Gasteiger partial charge is 0.293 e. The summed E-state index contributed by atoms with van der Waals surface area (Å²) in [6.07, 6.45) is 1.21. The number of aryl methyl sites for hydroxylation is 2. The summed E-state index contributed by atoms with van der Waals surface area (Å²) < 4.78 is 22.1. The Morgan fingerprint density at radius 1 is 1.26 bits per heavy atom. The second-order valence-corrected chi connectivity index (χ2v) is 8.51. The average Bonchev–Trinajstić information content (AvgIpc) is 2.30. The third kappa shape index (κ3) is 5.37. The van der Waals surface area contributed by atoms with E-state index in [1.165, 1.54) is 18.0 Å². The first-order valence-electron chi connectivity index (χ1n) is 6.11. The Morgan fingerprint density at radius 3 is 2.42 bits per heavy atom. The van der Waals surface area contributed by atoms with E-state index < -0.39 is 9.84 Å². The molecule has 1 aromatic carbocycles. The van der Waals surface area contributed by atoms with Crippen LogP contribution in [0.3, 0.4) is 0 Å². The van der Waals surface area contributed by atoms with Gasteiger partial charge < -0.3 is 0 Å². The number of carbonyl (C=O) groups is 1. The zero-order valence-corrected chi connectivity index (χ0v) is 13.4. The molecule has 0 spiro atoms. The molecule has 106 valence electrons. The fraction of sp³-hybridized carbons (Fsp3) is 0.500. The lowest BCUT2D eigenvalue weighted by Gasteiger charge is -2.11. The van der Waals surface area contributed by atoms with Crippen LogP contribution in [-0.4, -0.2) is 37.2 Å². The van der Waals surface area contributed by atoms with Crippen LogP contribution in [0.5, 0.6) is 0 Å². The highest BCUT2D eigenvalue weighted by atomic mass is 32.2. The summed E-state index contributed by atoms with van der Waals surface area (Å²) in [5.41, 5.74) is 2.95. The lowest BCUT2D eigenvalue weighted by molar-refractivity contribution is 0.0994. The van der Waals surface area contributed by atoms with Gasteiger partial charge in [-0.25, -0.2) is 8.42 Å². The van der Waals surface area contributed by atoms with Crippen molar-refractivity contribution in [3.8, 4) is 0 Å². The molecular formula is C14H20O3S2. The summed E-state index contributed by atoms with van der Waals surface area (Å²) in [7, 11) is -2.95. The molecule has 0 N–H and O–H groups in total. The molecule has 1 unspecified atom stereocenters. The summed E-state index contributed by atoms with van der Waals surface area (Å²) in [4.78, 5) is 12.2. The van der Waals surface area contributed by atoms with Crippen molar-refractivity contribution in [2.24, 2.45) is 0 Å². The van der Waals surface area contributed by atoms with Gasteiger partial charge in [0.1, 0.15) is 9.84 Å². The van der Waals surface area contributed by atoms with Gasteiger partial charge in [0.25, 0.3) is 0 Å². The van der Waals surface area contributed by atoms with Gasteiger partial charge in [0.05, 0.1) is 11.0 Å². The quantitative estimate of drug-likeness (QED) is 0.758. The smallest absolute Gasteiger partial charge is 0.175 e. The Hall–Kier alpha value is -0.810. The second kappa shape index (κ2) is 6.57. The van der Waals surface area contributed by atoms with E-state index in [-0.39, 0.29) is 16.8 Å². The summed E-state index contributed by atoms with van der Waals surface area (Å²) >= 11 is 1.39. The van der Waals surface area contributed by atoms with E-state index in [4.69, 9.17) is 0 Å². The fourth-order valence-corrected chi connectivity index (χ4v) is 3.82. The van der Waals surface area contributed by atoms with Crippen molar-refractivity contribution in [2.45, 2.75) is 26.0 Å². The third-order valence-electron chi connectivity index (χ3n) is 2.98. The minimum Gasteiger partial charge on any atom is -0.293 e. The van der Waals surface area contributed by atoms with Gasteiger partial charge in [-0.3, -0.25) is 4.79 Å². The molecule has 0 radical (unpaired) electrons. The van der Waals surface area contributed by atoms with Crippen molar-refractivity contribution >= 4 is 27.4 Å². The number of hydrogen-bond acceptors (Lipinski definition) is 4. The molecule has 0 heterocycles. The van der Waals surface area contributed by atoms with E-state index in [1.807, 2.05) is 39.0 Å². The SMILES string of the molecule is Cc1ccc(C(=O)C(C)SCCS(C)(=O)=O)cc1C. The number of rotatable bonds is 6. The van der Waals surface area contributed by atoms with Crippen LogP contribution in [0.1, 0.15) is 28.4 Å². The first-order valence-corrected chi connectivity index (χ1v) is 9.22. The lowest BCUT2D eigenvalue weighted by Crippen LogP contribution is -2.16. The van der Waals surface area contributed by atoms with Crippen molar-refractivity contribution in [3.05, 3.63) is 34.9 Å². The van der Waals surface area contributed by atoms with Crippen LogP contribution in [0, 0.1) is 13.8 Å². The average molecular weight is 300 g/mol. The predicted octanol–water partition coefficient (Wildman–Crippen LogP) is 2.65. The number of hydrogen-bond donors (Lipinski definition) is 0. The number of Topliss-reactive ketones (excluding diaryl/α,β-unsaturated/α-hetero) is 1. The first kappa shape index (κ1) is 16.2. The summed E-state index contributed by atoms with van der Waals surface area (Å²) in [6, 6.07) is 5.67. The Kier molecular flexibility index (Phi) is 5.62. The van der Waals surface area contributed by atoms with Crippen LogP contribution in [-0.2, 0) is 9.84 Å². The van der Waals surface area contributed by atoms with Crippen molar-refractivity contribution < 1.29 is 13.2 Å². The maximum atomic E-state index is 12.2. The van der Waals surface area contributed by atoms with Gasteiger partial charge in [0.2, 0.25) is 0 Å². The van der Waals surface area contributed by atoms with Gasteiger partial charge in [-0.2, -0.15) is 0 Å². The molecule has 3 nitrogen and oxygen atoms in total. The van der Waals surface area contributed by atoms with Crippen LogP contribution in [0.4, 0.5) is 0 Å². The number of ketones is 1. The number of benzene rings is 1. The number of carbonyl (C=O) groups excluding carboxylic acids is 1. The lowest BCUT2D eigenvalue weighted by atomic mass is 10.0. The monoisotopic (exact) mass is 300 g/mol. The molecule has 0 aliphatic heterocycles. The molecule has 0 aliphatic rings. The second-order valence-electron chi connectivity index (χ2n) is 4.81. The van der Waals surface area contributed by atoms with Crippen molar-refractivity contribution in [3.63, 3.8) is 0 Å². The number of thioether (sulfide) groups is 1. The zero-order valence-electron chi connectivity index (χ0n) is 11.8. The molecule has 0 amide bonds. The predicted molar refractivity (Wildman–Crippen MR) is 81.9 cm³/mol. The van der Waals surface area contributed by atoms with E-state index in [0.29, 0.717) is 11.3 Å². The zero-order chi connectivity index (χ0) is 14.6. The summed E-state index contributed by atoms with van der Waals surface area (Å²) in [5, 5.41) is -0.219. The van der Waals surface area contributed by atoms with Gasteiger partial charge in [-0.15, -0.1) is 11.8 Å². The van der Waals surface area contributed by atoms with Crippen LogP contribution in [0.15, 0.2) is 18.2 Å². The summed E-state index contributed by atoms with van der Waals surface area (Å²) in [5.74, 6) is 0.625. The molecule has 1 rings (SSSR count). The highest BCUT2D eigenvalue weighted by molar-refractivity contribution is 8.01. The van der Waals surface area contributed by atoms with Gasteiger partial charge in [-0.05, 0) is 38.0 Å². The Bertz CT molecular complexity index is 562. The van der Waals surface area contributed by atoms with E-state index in [9.17, 15) is 13.2 Å². The Labute approximate surface area is 119 Å². The first-order chi connectivity index (χ1) is 8.70. The van der Waals surface area contributed by atoms with Gasteiger partial charge in [0.15, 0.2) is 5.78 Å². The van der Waals surface area contributed by atoms with E-state index in [2.05, 4.69) is 0 Å². The van der Waals surface area contributed by atoms with Crippen molar-refractivity contribution in [1.29, 1.82) is 0 Å². The molecule has 1 atom stereocenters. The standard InChI is InChI=1S/C14H20O3S2/c1-10-5-6-13(9-11(10)2)14(15)12(3)18-7-8-19(4,16)17/h5-6,9,12H,7-8H2,1-4H3. The minimum atomic E-state index is -2.95. The van der Waals surface area contributed by atoms with E-state index in [0.717, 1.165) is 11.1 Å².